The van der Waals surface area contributed by atoms with Crippen molar-refractivity contribution < 1.29 is 14.7 Å². The van der Waals surface area contributed by atoms with Crippen molar-refractivity contribution in [2.45, 2.75) is 38.8 Å². The summed E-state index contributed by atoms with van der Waals surface area (Å²) in [7, 11) is 0. The SMILES string of the molecule is CC(C)(C)N(C(=O)O)[C@H](C(=O)N1CCCN1c1ccccc1Br)c1ccccc1. The van der Waals surface area contributed by atoms with E-state index in [-0.39, 0.29) is 5.91 Å². The van der Waals surface area contributed by atoms with E-state index < -0.39 is 17.7 Å². The van der Waals surface area contributed by atoms with Crippen molar-refractivity contribution in [3.63, 3.8) is 0 Å². The molecule has 1 aliphatic heterocycles. The maximum Gasteiger partial charge on any atom is 0.408 e. The maximum absolute atomic E-state index is 13.8. The van der Waals surface area contributed by atoms with Crippen molar-refractivity contribution >= 4 is 33.6 Å². The third kappa shape index (κ3) is 4.40. The molecule has 0 unspecified atom stereocenters. The molecule has 0 spiro atoms. The minimum atomic E-state index is -1.12. The number of carbonyl (C=O) groups is 2. The molecule has 1 fully saturated rings. The highest BCUT2D eigenvalue weighted by Gasteiger charge is 2.42. The third-order valence-electron chi connectivity index (χ3n) is 4.95. The van der Waals surface area contributed by atoms with Gasteiger partial charge in [0, 0.05) is 23.1 Å². The molecule has 1 saturated heterocycles. The van der Waals surface area contributed by atoms with E-state index in [4.69, 9.17) is 0 Å². The van der Waals surface area contributed by atoms with Gasteiger partial charge < -0.3 is 5.11 Å². The first-order chi connectivity index (χ1) is 13.7. The Morgan fingerprint density at radius 3 is 2.24 bits per heavy atom. The van der Waals surface area contributed by atoms with E-state index in [0.29, 0.717) is 18.7 Å². The molecule has 0 saturated carbocycles. The smallest absolute Gasteiger partial charge is 0.408 e. The molecule has 0 aromatic heterocycles. The van der Waals surface area contributed by atoms with Crippen LogP contribution in [0.1, 0.15) is 38.8 Å². The third-order valence-corrected chi connectivity index (χ3v) is 5.62. The largest absolute Gasteiger partial charge is 0.465 e. The molecule has 0 bridgehead atoms. The Morgan fingerprint density at radius 2 is 1.66 bits per heavy atom. The zero-order valence-corrected chi connectivity index (χ0v) is 18.5. The van der Waals surface area contributed by atoms with Crippen molar-refractivity contribution in [3.8, 4) is 0 Å². The molecule has 6 nitrogen and oxygen atoms in total. The molecule has 1 aliphatic rings. The molecule has 2 amide bonds. The second-order valence-electron chi connectivity index (χ2n) is 8.03. The molecule has 3 rings (SSSR count). The lowest BCUT2D eigenvalue weighted by Gasteiger charge is -2.42. The fourth-order valence-corrected chi connectivity index (χ4v) is 4.21. The van der Waals surface area contributed by atoms with Gasteiger partial charge in [0.15, 0.2) is 0 Å². The van der Waals surface area contributed by atoms with Crippen LogP contribution in [0.2, 0.25) is 0 Å². The van der Waals surface area contributed by atoms with E-state index >= 15 is 0 Å². The number of para-hydroxylation sites is 1. The summed E-state index contributed by atoms with van der Waals surface area (Å²) >= 11 is 3.56. The van der Waals surface area contributed by atoms with Gasteiger partial charge in [-0.1, -0.05) is 42.5 Å². The molecule has 0 radical (unpaired) electrons. The number of hydrogen-bond acceptors (Lipinski definition) is 3. The van der Waals surface area contributed by atoms with Crippen LogP contribution in [0.5, 0.6) is 0 Å². The van der Waals surface area contributed by atoms with Crippen molar-refractivity contribution in [3.05, 3.63) is 64.6 Å². The summed E-state index contributed by atoms with van der Waals surface area (Å²) in [5, 5.41) is 13.6. The highest BCUT2D eigenvalue weighted by molar-refractivity contribution is 9.10. The number of rotatable bonds is 4. The summed E-state index contributed by atoms with van der Waals surface area (Å²) in [4.78, 5) is 27.3. The van der Waals surface area contributed by atoms with E-state index in [9.17, 15) is 14.7 Å². The number of halogens is 1. The van der Waals surface area contributed by atoms with Crippen molar-refractivity contribution in [1.82, 2.24) is 9.91 Å². The molecule has 0 aliphatic carbocycles. The highest BCUT2D eigenvalue weighted by Crippen LogP contribution is 2.35. The second-order valence-corrected chi connectivity index (χ2v) is 8.88. The predicted molar refractivity (Wildman–Crippen MR) is 117 cm³/mol. The Labute approximate surface area is 179 Å². The van der Waals surface area contributed by atoms with Crippen LogP contribution >= 0.6 is 15.9 Å². The number of nitrogens with zero attached hydrogens (tertiary/aromatic N) is 3. The quantitative estimate of drug-likeness (QED) is 0.704. The van der Waals surface area contributed by atoms with Gasteiger partial charge in [-0.2, -0.15) is 0 Å². The Morgan fingerprint density at radius 1 is 1.03 bits per heavy atom. The zero-order chi connectivity index (χ0) is 21.2. The van der Waals surface area contributed by atoms with Gasteiger partial charge in [0.1, 0.15) is 6.04 Å². The lowest BCUT2D eigenvalue weighted by molar-refractivity contribution is -0.138. The van der Waals surface area contributed by atoms with Crippen LogP contribution < -0.4 is 5.01 Å². The number of hydrazine groups is 1. The number of hydrogen-bond donors (Lipinski definition) is 1. The molecule has 1 atom stereocenters. The molecule has 7 heteroatoms. The van der Waals surface area contributed by atoms with E-state index in [1.54, 1.807) is 25.8 Å². The van der Waals surface area contributed by atoms with Crippen LogP contribution in [-0.2, 0) is 4.79 Å². The normalized spacial score (nSPS) is 15.3. The van der Waals surface area contributed by atoms with Crippen LogP contribution in [-0.4, -0.2) is 45.6 Å². The Hall–Kier alpha value is -2.54. The second kappa shape index (κ2) is 8.45. The van der Waals surface area contributed by atoms with Gasteiger partial charge in [-0.25, -0.2) is 4.79 Å². The summed E-state index contributed by atoms with van der Waals surface area (Å²) in [6, 6.07) is 15.9. The van der Waals surface area contributed by atoms with Gasteiger partial charge in [0.05, 0.1) is 5.69 Å². The van der Waals surface area contributed by atoms with E-state index in [2.05, 4.69) is 15.9 Å². The Balaban J connectivity index is 2.05. The molecule has 2 aromatic carbocycles. The van der Waals surface area contributed by atoms with Crippen molar-refractivity contribution in [1.29, 1.82) is 0 Å². The van der Waals surface area contributed by atoms with E-state index in [1.807, 2.05) is 59.6 Å². The average molecular weight is 460 g/mol. The summed E-state index contributed by atoms with van der Waals surface area (Å²) < 4.78 is 0.891. The lowest BCUT2D eigenvalue weighted by atomic mass is 9.97. The minimum Gasteiger partial charge on any atom is -0.465 e. The van der Waals surface area contributed by atoms with Gasteiger partial charge in [-0.15, -0.1) is 0 Å². The minimum absolute atomic E-state index is 0.248. The van der Waals surface area contributed by atoms with Crippen molar-refractivity contribution in [2.24, 2.45) is 0 Å². The van der Waals surface area contributed by atoms with Crippen LogP contribution in [0, 0.1) is 0 Å². The van der Waals surface area contributed by atoms with Crippen LogP contribution in [0.15, 0.2) is 59.1 Å². The topological polar surface area (TPSA) is 64.1 Å². The van der Waals surface area contributed by atoms with Crippen molar-refractivity contribution in [2.75, 3.05) is 18.1 Å². The predicted octanol–water partition coefficient (Wildman–Crippen LogP) is 4.92. The summed E-state index contributed by atoms with van der Waals surface area (Å²) in [6.45, 7) is 6.65. The molecular formula is C22H26BrN3O3. The molecule has 29 heavy (non-hydrogen) atoms. The van der Waals surface area contributed by atoms with Gasteiger partial charge in [-0.3, -0.25) is 19.7 Å². The summed E-state index contributed by atoms with van der Waals surface area (Å²) in [6.07, 6.45) is -0.302. The van der Waals surface area contributed by atoms with Gasteiger partial charge >= 0.3 is 6.09 Å². The summed E-state index contributed by atoms with van der Waals surface area (Å²) in [5.41, 5.74) is 0.802. The number of carbonyl (C=O) groups excluding carboxylic acids is 1. The number of amides is 2. The fourth-order valence-electron chi connectivity index (χ4n) is 3.72. The van der Waals surface area contributed by atoms with E-state index in [0.717, 1.165) is 16.6 Å². The molecular weight excluding hydrogens is 434 g/mol. The Kier molecular flexibility index (Phi) is 6.17. The molecule has 1 heterocycles. The van der Waals surface area contributed by atoms with Gasteiger partial charge in [0.2, 0.25) is 0 Å². The van der Waals surface area contributed by atoms with Crippen LogP contribution in [0.25, 0.3) is 0 Å². The standard InChI is InChI=1S/C22H26BrN3O3/c1-22(2,3)26(21(28)29)19(16-10-5-4-6-11-16)20(27)25-15-9-14-24(25)18-13-8-7-12-17(18)23/h4-8,10-13,19H,9,14-15H2,1-3H3,(H,28,29)/t19-/m0/s1. The Bertz CT molecular complexity index is 882. The first-order valence-electron chi connectivity index (χ1n) is 9.62. The lowest BCUT2D eigenvalue weighted by Crippen LogP contribution is -2.54. The number of carboxylic acid groups (broad SMARTS) is 1. The monoisotopic (exact) mass is 459 g/mol. The van der Waals surface area contributed by atoms with E-state index in [1.165, 1.54) is 4.90 Å². The first-order valence-corrected chi connectivity index (χ1v) is 10.4. The number of anilines is 1. The highest BCUT2D eigenvalue weighted by atomic mass is 79.9. The maximum atomic E-state index is 13.8. The van der Waals surface area contributed by atoms with Gasteiger partial charge in [0.25, 0.3) is 5.91 Å². The zero-order valence-electron chi connectivity index (χ0n) is 16.9. The summed E-state index contributed by atoms with van der Waals surface area (Å²) in [5.74, 6) is -0.248. The fraction of sp³-hybridized carbons (Fsp3) is 0.364. The van der Waals surface area contributed by atoms with Crippen LogP contribution in [0.3, 0.4) is 0 Å². The molecule has 154 valence electrons. The van der Waals surface area contributed by atoms with Gasteiger partial charge in [-0.05, 0) is 60.8 Å². The average Bonchev–Trinajstić information content (AvgIpc) is 3.14. The van der Waals surface area contributed by atoms with Crippen LogP contribution in [0.4, 0.5) is 10.5 Å². The first kappa shape index (κ1) is 21.2. The molecule has 2 aromatic rings. The molecule has 1 N–H and O–H groups in total. The number of benzene rings is 2.